The summed E-state index contributed by atoms with van der Waals surface area (Å²) in [6.45, 7) is 3.61. The van der Waals surface area contributed by atoms with Crippen LogP contribution in [-0.4, -0.2) is 57.9 Å². The van der Waals surface area contributed by atoms with Crippen LogP contribution in [0.2, 0.25) is 5.02 Å². The first-order valence-electron chi connectivity index (χ1n) is 10.0. The highest BCUT2D eigenvalue weighted by atomic mass is 35.5. The first-order valence-corrected chi connectivity index (χ1v) is 11.6. The smallest absolute Gasteiger partial charge is 0.258 e. The number of piperidine rings is 1. The summed E-state index contributed by atoms with van der Waals surface area (Å²) in [6, 6.07) is 8.01. The number of halogens is 2. The van der Waals surface area contributed by atoms with Gasteiger partial charge in [-0.1, -0.05) is 17.7 Å². The summed E-state index contributed by atoms with van der Waals surface area (Å²) in [6.07, 6.45) is 1.34. The number of aromatic nitrogens is 1. The molecule has 2 aliphatic rings. The summed E-state index contributed by atoms with van der Waals surface area (Å²) in [4.78, 5) is 34.0. The lowest BCUT2D eigenvalue weighted by atomic mass is 9.89. The van der Waals surface area contributed by atoms with Crippen molar-refractivity contribution >= 4 is 35.2 Å². The maximum absolute atomic E-state index is 14.1. The minimum Gasteiger partial charge on any atom is -0.338 e. The zero-order valence-corrected chi connectivity index (χ0v) is 18.3. The molecular weight excluding hydrogens is 425 g/mol. The van der Waals surface area contributed by atoms with Crippen molar-refractivity contribution in [2.24, 2.45) is 0 Å². The maximum Gasteiger partial charge on any atom is 0.258 e. The molecule has 0 unspecified atom stereocenters. The second-order valence-electron chi connectivity index (χ2n) is 7.65. The molecule has 0 saturated carbocycles. The third-order valence-electron chi connectivity index (χ3n) is 5.68. The second kappa shape index (κ2) is 8.94. The molecule has 4 rings (SSSR count). The fourth-order valence-corrected chi connectivity index (χ4v) is 5.22. The first kappa shape index (κ1) is 21.1. The van der Waals surface area contributed by atoms with Gasteiger partial charge in [-0.05, 0) is 44.0 Å². The molecule has 8 heteroatoms. The third-order valence-corrected chi connectivity index (χ3v) is 6.96. The standard InChI is InChI=1S/C22H23ClFN3O2S/c1-14-5-6-16(21(28)27-11-12-30-13-27)20(25-14)15-7-9-26(10-8-15)22(29)19-17(23)3-2-4-18(19)24/h2-6,15H,7-13H2,1H3. The minimum atomic E-state index is -0.605. The lowest BCUT2D eigenvalue weighted by Gasteiger charge is -2.33. The third kappa shape index (κ3) is 4.18. The Kier molecular flexibility index (Phi) is 6.29. The summed E-state index contributed by atoms with van der Waals surface area (Å²) in [5.74, 6) is 0.783. The van der Waals surface area contributed by atoms with Crippen molar-refractivity contribution < 1.29 is 14.0 Å². The number of likely N-dealkylation sites (tertiary alicyclic amines) is 1. The highest BCUT2D eigenvalue weighted by Crippen LogP contribution is 2.32. The van der Waals surface area contributed by atoms with Gasteiger partial charge < -0.3 is 9.80 Å². The zero-order valence-electron chi connectivity index (χ0n) is 16.7. The van der Waals surface area contributed by atoms with E-state index in [1.807, 2.05) is 24.0 Å². The average Bonchev–Trinajstić information content (AvgIpc) is 3.28. The van der Waals surface area contributed by atoms with Crippen molar-refractivity contribution in [3.05, 3.63) is 63.7 Å². The van der Waals surface area contributed by atoms with Gasteiger partial charge in [0.1, 0.15) is 5.82 Å². The molecule has 0 radical (unpaired) electrons. The van der Waals surface area contributed by atoms with Crippen molar-refractivity contribution in [2.45, 2.75) is 25.7 Å². The molecule has 158 valence electrons. The molecule has 1 aromatic carbocycles. The molecule has 5 nitrogen and oxygen atoms in total. The van der Waals surface area contributed by atoms with Crippen LogP contribution in [0.25, 0.3) is 0 Å². The van der Waals surface area contributed by atoms with Gasteiger partial charge in [-0.15, -0.1) is 11.8 Å². The molecule has 2 amide bonds. The minimum absolute atomic E-state index is 0.0270. The number of pyridine rings is 1. The van der Waals surface area contributed by atoms with Gasteiger partial charge >= 0.3 is 0 Å². The van der Waals surface area contributed by atoms with Gasteiger partial charge in [0.05, 0.1) is 27.7 Å². The number of rotatable bonds is 3. The molecule has 1 aromatic heterocycles. The zero-order chi connectivity index (χ0) is 21.3. The quantitative estimate of drug-likeness (QED) is 0.702. The molecule has 0 bridgehead atoms. The molecule has 3 heterocycles. The van der Waals surface area contributed by atoms with Gasteiger partial charge in [0.25, 0.3) is 11.8 Å². The van der Waals surface area contributed by atoms with Crippen LogP contribution >= 0.6 is 23.4 Å². The van der Waals surface area contributed by atoms with E-state index in [4.69, 9.17) is 16.6 Å². The Hall–Kier alpha value is -2.12. The maximum atomic E-state index is 14.1. The summed E-state index contributed by atoms with van der Waals surface area (Å²) < 4.78 is 14.1. The summed E-state index contributed by atoms with van der Waals surface area (Å²) in [7, 11) is 0. The Bertz CT molecular complexity index is 953. The van der Waals surface area contributed by atoms with Gasteiger partial charge in [0.2, 0.25) is 0 Å². The lowest BCUT2D eigenvalue weighted by molar-refractivity contribution is 0.0703. The Morgan fingerprint density at radius 3 is 2.53 bits per heavy atom. The monoisotopic (exact) mass is 447 g/mol. The van der Waals surface area contributed by atoms with E-state index in [9.17, 15) is 14.0 Å². The number of amides is 2. The van der Waals surface area contributed by atoms with E-state index in [1.54, 1.807) is 16.7 Å². The summed E-state index contributed by atoms with van der Waals surface area (Å²) in [5, 5.41) is 0.124. The number of hydrogen-bond acceptors (Lipinski definition) is 4. The number of thioether (sulfide) groups is 1. The highest BCUT2D eigenvalue weighted by molar-refractivity contribution is 7.99. The number of carbonyl (C=O) groups excluding carboxylic acids is 2. The van der Waals surface area contributed by atoms with Gasteiger partial charge in [-0.2, -0.15) is 0 Å². The van der Waals surface area contributed by atoms with Crippen molar-refractivity contribution in [3.8, 4) is 0 Å². The van der Waals surface area contributed by atoms with Crippen LogP contribution in [0.4, 0.5) is 4.39 Å². The molecular formula is C22H23ClFN3O2S. The van der Waals surface area contributed by atoms with Gasteiger partial charge in [0.15, 0.2) is 0 Å². The topological polar surface area (TPSA) is 53.5 Å². The molecule has 0 aliphatic carbocycles. The lowest BCUT2D eigenvalue weighted by Crippen LogP contribution is -2.39. The molecule has 2 aromatic rings. The van der Waals surface area contributed by atoms with Crippen molar-refractivity contribution in [1.29, 1.82) is 0 Å². The van der Waals surface area contributed by atoms with Crippen LogP contribution in [0.3, 0.4) is 0 Å². The number of hydrogen-bond donors (Lipinski definition) is 0. The van der Waals surface area contributed by atoms with Gasteiger partial charge in [-0.25, -0.2) is 4.39 Å². The molecule has 0 atom stereocenters. The van der Waals surface area contributed by atoms with Gasteiger partial charge in [-0.3, -0.25) is 14.6 Å². The number of benzene rings is 1. The average molecular weight is 448 g/mol. The molecule has 2 aliphatic heterocycles. The van der Waals surface area contributed by atoms with E-state index in [2.05, 4.69) is 0 Å². The van der Waals surface area contributed by atoms with Crippen LogP contribution < -0.4 is 0 Å². The Labute approximate surface area is 184 Å². The number of nitrogens with zero attached hydrogens (tertiary/aromatic N) is 3. The first-order chi connectivity index (χ1) is 14.5. The molecule has 0 N–H and O–H groups in total. The number of aryl methyl sites for hydroxylation is 1. The van der Waals surface area contributed by atoms with Crippen LogP contribution in [-0.2, 0) is 0 Å². The van der Waals surface area contributed by atoms with Crippen molar-refractivity contribution in [3.63, 3.8) is 0 Å². The molecule has 2 fully saturated rings. The van der Waals surface area contributed by atoms with Gasteiger partial charge in [0, 0.05) is 37.0 Å². The Morgan fingerprint density at radius 2 is 1.87 bits per heavy atom. The SMILES string of the molecule is Cc1ccc(C(=O)N2CCSC2)c(C2CCN(C(=O)c3c(F)cccc3Cl)CC2)n1. The fraction of sp³-hybridized carbons (Fsp3) is 0.409. The van der Waals surface area contributed by atoms with E-state index in [0.717, 1.165) is 23.7 Å². The van der Waals surface area contributed by atoms with Crippen LogP contribution in [0, 0.1) is 12.7 Å². The molecule has 0 spiro atoms. The van der Waals surface area contributed by atoms with Crippen LogP contribution in [0.5, 0.6) is 0 Å². The normalized spacial score (nSPS) is 17.4. The summed E-state index contributed by atoms with van der Waals surface area (Å²) >= 11 is 7.81. The predicted octanol–water partition coefficient (Wildman–Crippen LogP) is 4.35. The van der Waals surface area contributed by atoms with E-state index < -0.39 is 5.82 Å². The van der Waals surface area contributed by atoms with E-state index in [0.29, 0.717) is 37.4 Å². The van der Waals surface area contributed by atoms with E-state index in [-0.39, 0.29) is 28.3 Å². The Morgan fingerprint density at radius 1 is 1.10 bits per heavy atom. The number of carbonyl (C=O) groups is 2. The largest absolute Gasteiger partial charge is 0.338 e. The van der Waals surface area contributed by atoms with Crippen molar-refractivity contribution in [2.75, 3.05) is 31.3 Å². The second-order valence-corrected chi connectivity index (χ2v) is 9.14. The van der Waals surface area contributed by atoms with E-state index in [1.165, 1.54) is 18.2 Å². The highest BCUT2D eigenvalue weighted by Gasteiger charge is 2.31. The van der Waals surface area contributed by atoms with Crippen LogP contribution in [0.1, 0.15) is 50.9 Å². The van der Waals surface area contributed by atoms with Crippen molar-refractivity contribution in [1.82, 2.24) is 14.8 Å². The molecule has 30 heavy (non-hydrogen) atoms. The van der Waals surface area contributed by atoms with Crippen LogP contribution in [0.15, 0.2) is 30.3 Å². The Balaban J connectivity index is 1.51. The predicted molar refractivity (Wildman–Crippen MR) is 117 cm³/mol. The fourth-order valence-electron chi connectivity index (χ4n) is 4.03. The van der Waals surface area contributed by atoms with E-state index >= 15 is 0 Å². The summed E-state index contributed by atoms with van der Waals surface area (Å²) in [5.41, 5.74) is 2.26. The molecule has 2 saturated heterocycles.